The van der Waals surface area contributed by atoms with Crippen molar-refractivity contribution >= 4 is 33.5 Å². The van der Waals surface area contributed by atoms with Gasteiger partial charge in [0.15, 0.2) is 5.82 Å². The molecule has 8 heteroatoms. The second-order valence-electron chi connectivity index (χ2n) is 8.75. The fraction of sp³-hybridized carbons (Fsp3) is 0.286. The van der Waals surface area contributed by atoms with Crippen molar-refractivity contribution in [2.24, 2.45) is 0 Å². The molecule has 0 atom stereocenters. The Bertz CT molecular complexity index is 1520. The Hall–Kier alpha value is -3.78. The number of para-hydroxylation sites is 1. The van der Waals surface area contributed by atoms with E-state index in [1.165, 1.54) is 35.1 Å². The molecule has 0 N–H and O–H groups in total. The minimum Gasteiger partial charge on any atom is -0.490 e. The third-order valence-corrected chi connectivity index (χ3v) is 7.30. The second kappa shape index (κ2) is 10.5. The summed E-state index contributed by atoms with van der Waals surface area (Å²) in [5, 5.41) is 4.45. The molecule has 0 saturated carbocycles. The van der Waals surface area contributed by atoms with E-state index in [0.717, 1.165) is 35.4 Å². The number of benzene rings is 2. The third-order valence-electron chi connectivity index (χ3n) is 6.27. The minimum absolute atomic E-state index is 0.122. The molecule has 2 aromatic carbocycles. The van der Waals surface area contributed by atoms with Gasteiger partial charge >= 0.3 is 0 Å². The molecule has 0 radical (unpaired) electrons. The van der Waals surface area contributed by atoms with E-state index in [1.807, 2.05) is 53.4 Å². The van der Waals surface area contributed by atoms with Gasteiger partial charge in [0.25, 0.3) is 11.5 Å². The van der Waals surface area contributed by atoms with Crippen LogP contribution in [0.4, 0.5) is 5.69 Å². The van der Waals surface area contributed by atoms with Gasteiger partial charge in [0.2, 0.25) is 4.96 Å². The Balaban J connectivity index is 1.48. The van der Waals surface area contributed by atoms with Crippen molar-refractivity contribution in [1.82, 2.24) is 14.6 Å². The molecule has 1 amide bonds. The second-order valence-corrected chi connectivity index (χ2v) is 9.73. The summed E-state index contributed by atoms with van der Waals surface area (Å²) in [6, 6.07) is 15.1. The van der Waals surface area contributed by atoms with Gasteiger partial charge in [-0.15, -0.1) is 5.10 Å². The monoisotopic (exact) mass is 500 g/mol. The van der Waals surface area contributed by atoms with Crippen molar-refractivity contribution in [1.29, 1.82) is 0 Å². The van der Waals surface area contributed by atoms with E-state index in [1.54, 1.807) is 6.08 Å². The first-order chi connectivity index (χ1) is 17.6. The lowest BCUT2D eigenvalue weighted by atomic mass is 10.1. The van der Waals surface area contributed by atoms with Crippen LogP contribution in [0, 0.1) is 0 Å². The van der Waals surface area contributed by atoms with Gasteiger partial charge in [-0.1, -0.05) is 74.8 Å². The molecule has 7 nitrogen and oxygen atoms in total. The van der Waals surface area contributed by atoms with E-state index in [2.05, 4.69) is 23.6 Å². The fourth-order valence-electron chi connectivity index (χ4n) is 4.46. The Labute approximate surface area is 213 Å². The molecule has 0 fully saturated rings. The van der Waals surface area contributed by atoms with E-state index in [4.69, 9.17) is 4.74 Å². The number of thiazole rings is 1. The van der Waals surface area contributed by atoms with Crippen molar-refractivity contribution in [3.05, 3.63) is 81.6 Å². The van der Waals surface area contributed by atoms with Crippen LogP contribution in [-0.4, -0.2) is 33.7 Å². The van der Waals surface area contributed by atoms with E-state index in [9.17, 15) is 9.59 Å². The van der Waals surface area contributed by atoms with E-state index < -0.39 is 0 Å². The molecule has 0 aliphatic carbocycles. The van der Waals surface area contributed by atoms with Crippen molar-refractivity contribution in [2.75, 3.05) is 18.1 Å². The number of hydrogen-bond acceptors (Lipinski definition) is 6. The summed E-state index contributed by atoms with van der Waals surface area (Å²) in [6.45, 7) is 6.91. The van der Waals surface area contributed by atoms with E-state index in [0.29, 0.717) is 34.0 Å². The first kappa shape index (κ1) is 23.9. The molecule has 0 saturated heterocycles. The average molecular weight is 501 g/mol. The number of anilines is 1. The number of ether oxygens (including phenoxy) is 1. The molecule has 0 bridgehead atoms. The lowest BCUT2D eigenvalue weighted by Crippen LogP contribution is -2.33. The van der Waals surface area contributed by atoms with Gasteiger partial charge in [-0.25, -0.2) is 0 Å². The molecule has 4 aromatic rings. The smallest absolute Gasteiger partial charge is 0.291 e. The summed E-state index contributed by atoms with van der Waals surface area (Å²) in [6.07, 6.45) is 7.27. The van der Waals surface area contributed by atoms with Gasteiger partial charge in [0.05, 0.1) is 11.3 Å². The zero-order chi connectivity index (χ0) is 25.1. The summed E-state index contributed by atoms with van der Waals surface area (Å²) in [5.41, 5.74) is 2.58. The molecule has 3 heterocycles. The van der Waals surface area contributed by atoms with Crippen LogP contribution in [-0.2, 0) is 4.79 Å². The standard InChI is InChI=1S/C28H28N4O3S/c1-3-5-6-7-10-17-31-22-12-9-8-11-21(22)23(26(31)33)24-27(34)32-28(36-24)29-25(30-32)19-13-15-20(16-14-19)35-18-4-2/h4,8-9,11-16H,2-3,5-7,10,17-18H2,1H3/b24-23-. The highest BCUT2D eigenvalue weighted by molar-refractivity contribution is 7.15. The molecule has 0 unspecified atom stereocenters. The van der Waals surface area contributed by atoms with Gasteiger partial charge in [0.1, 0.15) is 16.9 Å². The lowest BCUT2D eigenvalue weighted by molar-refractivity contribution is -0.113. The number of unbranched alkanes of at least 4 members (excludes halogenated alkanes) is 4. The summed E-state index contributed by atoms with van der Waals surface area (Å²) >= 11 is 1.21. The van der Waals surface area contributed by atoms with Crippen LogP contribution in [0.15, 0.2) is 66.0 Å². The molecule has 1 aliphatic rings. The van der Waals surface area contributed by atoms with Crippen LogP contribution >= 0.6 is 11.3 Å². The molecule has 5 rings (SSSR count). The number of aromatic nitrogens is 3. The highest BCUT2D eigenvalue weighted by atomic mass is 32.1. The van der Waals surface area contributed by atoms with Gasteiger partial charge in [-0.05, 0) is 36.8 Å². The van der Waals surface area contributed by atoms with Crippen molar-refractivity contribution in [2.45, 2.75) is 39.0 Å². The topological polar surface area (TPSA) is 76.8 Å². The number of nitrogens with zero attached hydrogens (tertiary/aromatic N) is 4. The van der Waals surface area contributed by atoms with Gasteiger partial charge in [-0.3, -0.25) is 9.59 Å². The van der Waals surface area contributed by atoms with Crippen molar-refractivity contribution in [3.63, 3.8) is 0 Å². The quantitative estimate of drug-likeness (QED) is 0.235. The minimum atomic E-state index is -0.317. The summed E-state index contributed by atoms with van der Waals surface area (Å²) in [5.74, 6) is 1.05. The van der Waals surface area contributed by atoms with Crippen LogP contribution in [0.5, 0.6) is 5.75 Å². The van der Waals surface area contributed by atoms with Crippen molar-refractivity contribution < 1.29 is 9.53 Å². The number of amides is 1. The number of carbonyl (C=O) groups is 1. The van der Waals surface area contributed by atoms with E-state index >= 15 is 0 Å². The first-order valence-electron chi connectivity index (χ1n) is 12.3. The third kappa shape index (κ3) is 4.44. The Morgan fingerprint density at radius 3 is 2.56 bits per heavy atom. The maximum absolute atomic E-state index is 13.5. The molecule has 2 aromatic heterocycles. The summed E-state index contributed by atoms with van der Waals surface area (Å²) in [7, 11) is 0. The number of hydrogen-bond donors (Lipinski definition) is 0. The molecular formula is C28H28N4O3S. The molecule has 0 spiro atoms. The van der Waals surface area contributed by atoms with Crippen LogP contribution in [0.25, 0.3) is 21.9 Å². The SMILES string of the molecule is C=CCOc1ccc(-c2nc3s/c(=C4\C(=O)N(CCCCCCC)c5ccccc54)c(=O)n3n2)cc1. The average Bonchev–Trinajstić information content (AvgIpc) is 3.53. The Kier molecular flexibility index (Phi) is 6.95. The fourth-order valence-corrected chi connectivity index (χ4v) is 5.46. The number of fused-ring (bicyclic) bond motifs is 2. The predicted octanol–water partition coefficient (Wildman–Crippen LogP) is 4.62. The van der Waals surface area contributed by atoms with E-state index in [-0.39, 0.29) is 11.5 Å². The summed E-state index contributed by atoms with van der Waals surface area (Å²) < 4.78 is 7.20. The maximum atomic E-state index is 13.5. The van der Waals surface area contributed by atoms with Crippen LogP contribution in [0.3, 0.4) is 0 Å². The van der Waals surface area contributed by atoms with Gasteiger partial charge < -0.3 is 9.64 Å². The Morgan fingerprint density at radius 2 is 1.81 bits per heavy atom. The van der Waals surface area contributed by atoms with Gasteiger partial charge in [0, 0.05) is 17.7 Å². The number of carbonyl (C=O) groups excluding carboxylic acids is 1. The summed E-state index contributed by atoms with van der Waals surface area (Å²) in [4.78, 5) is 33.8. The highest BCUT2D eigenvalue weighted by Gasteiger charge is 2.33. The first-order valence-corrected chi connectivity index (χ1v) is 13.1. The molecule has 184 valence electrons. The van der Waals surface area contributed by atoms with Crippen LogP contribution in [0.1, 0.15) is 44.6 Å². The van der Waals surface area contributed by atoms with Crippen LogP contribution < -0.4 is 19.7 Å². The maximum Gasteiger partial charge on any atom is 0.291 e. The highest BCUT2D eigenvalue weighted by Crippen LogP contribution is 2.35. The normalized spacial score (nSPS) is 14.5. The molecule has 1 aliphatic heterocycles. The predicted molar refractivity (Wildman–Crippen MR) is 144 cm³/mol. The van der Waals surface area contributed by atoms with Crippen molar-refractivity contribution in [3.8, 4) is 17.1 Å². The molecular weight excluding hydrogens is 472 g/mol. The van der Waals surface area contributed by atoms with Gasteiger partial charge in [-0.2, -0.15) is 9.50 Å². The zero-order valence-electron chi connectivity index (χ0n) is 20.3. The Morgan fingerprint density at radius 1 is 1.03 bits per heavy atom. The zero-order valence-corrected chi connectivity index (χ0v) is 21.1. The van der Waals surface area contributed by atoms with Crippen LogP contribution in [0.2, 0.25) is 0 Å². The molecule has 36 heavy (non-hydrogen) atoms. The number of rotatable bonds is 10. The lowest BCUT2D eigenvalue weighted by Gasteiger charge is -2.16. The largest absolute Gasteiger partial charge is 0.490 e.